The zero-order chi connectivity index (χ0) is 14.0. The van der Waals surface area contributed by atoms with Crippen molar-refractivity contribution >= 4 is 17.2 Å². The smallest absolute Gasteiger partial charge is 0.180 e. The van der Waals surface area contributed by atoms with Gasteiger partial charge in [0, 0.05) is 24.7 Å². The van der Waals surface area contributed by atoms with Crippen molar-refractivity contribution in [3.8, 4) is 0 Å². The molecule has 0 aliphatic heterocycles. The fraction of sp³-hybridized carbons (Fsp3) is 0.538. The van der Waals surface area contributed by atoms with Gasteiger partial charge in [-0.1, -0.05) is 0 Å². The lowest BCUT2D eigenvalue weighted by Crippen LogP contribution is -3.00. The van der Waals surface area contributed by atoms with Crippen LogP contribution in [0.15, 0.2) is 12.3 Å². The molecule has 0 radical (unpaired) electrons. The first-order chi connectivity index (χ1) is 8.87. The minimum absolute atomic E-state index is 0. The number of anilines is 2. The molecule has 7 heteroatoms. The molecule has 3 N–H and O–H groups in total. The molecule has 0 saturated carbocycles. The molecule has 6 nitrogen and oxygen atoms in total. The van der Waals surface area contributed by atoms with Gasteiger partial charge in [-0.25, -0.2) is 4.98 Å². The standard InChI is InChI=1S/C13H23N6.ClH/c1-10-8-12(15-6-5-7-19(2,3)4)18-13(17-10)11(14)9-16-18;/h8-9,15H,5-7,14H2,1-4H3;1H/q+1;/p-1. The molecule has 0 unspecified atom stereocenters. The van der Waals surface area contributed by atoms with Crippen molar-refractivity contribution in [2.45, 2.75) is 13.3 Å². The maximum atomic E-state index is 5.85. The highest BCUT2D eigenvalue weighted by Gasteiger charge is 2.09. The van der Waals surface area contributed by atoms with Crippen molar-refractivity contribution in [2.75, 3.05) is 45.3 Å². The summed E-state index contributed by atoms with van der Waals surface area (Å²) in [6, 6.07) is 1.99. The van der Waals surface area contributed by atoms with E-state index in [4.69, 9.17) is 5.73 Å². The van der Waals surface area contributed by atoms with Crippen LogP contribution in [0.5, 0.6) is 0 Å². The highest BCUT2D eigenvalue weighted by molar-refractivity contribution is 5.66. The maximum absolute atomic E-state index is 5.85. The third-order valence-corrected chi connectivity index (χ3v) is 2.94. The molecule has 0 aliphatic rings. The summed E-state index contributed by atoms with van der Waals surface area (Å²) < 4.78 is 2.73. The van der Waals surface area contributed by atoms with Gasteiger partial charge in [0.1, 0.15) is 5.82 Å². The van der Waals surface area contributed by atoms with Crippen LogP contribution >= 0.6 is 0 Å². The van der Waals surface area contributed by atoms with E-state index in [-0.39, 0.29) is 12.4 Å². The van der Waals surface area contributed by atoms with Gasteiger partial charge in [-0.05, 0) is 6.92 Å². The molecule has 0 spiro atoms. The molecule has 0 saturated heterocycles. The van der Waals surface area contributed by atoms with E-state index < -0.39 is 0 Å². The van der Waals surface area contributed by atoms with Gasteiger partial charge in [0.15, 0.2) is 5.65 Å². The lowest BCUT2D eigenvalue weighted by molar-refractivity contribution is -0.870. The van der Waals surface area contributed by atoms with Crippen LogP contribution in [0.1, 0.15) is 12.1 Å². The first kappa shape index (κ1) is 16.5. The molecule has 0 bridgehead atoms. The quantitative estimate of drug-likeness (QED) is 0.501. The van der Waals surface area contributed by atoms with Gasteiger partial charge in [-0.2, -0.15) is 9.61 Å². The van der Waals surface area contributed by atoms with E-state index in [9.17, 15) is 0 Å². The summed E-state index contributed by atoms with van der Waals surface area (Å²) >= 11 is 0. The maximum Gasteiger partial charge on any atom is 0.180 e. The summed E-state index contributed by atoms with van der Waals surface area (Å²) in [7, 11) is 6.59. The molecule has 2 heterocycles. The number of nitrogens with one attached hydrogen (secondary N) is 1. The second kappa shape index (κ2) is 6.28. The Hall–Kier alpha value is -1.53. The highest BCUT2D eigenvalue weighted by atomic mass is 35.5. The second-order valence-corrected chi connectivity index (χ2v) is 5.91. The average molecular weight is 299 g/mol. The van der Waals surface area contributed by atoms with Crippen LogP contribution in [0.3, 0.4) is 0 Å². The predicted octanol–water partition coefficient (Wildman–Crippen LogP) is -1.87. The van der Waals surface area contributed by atoms with Crippen molar-refractivity contribution in [3.05, 3.63) is 18.0 Å². The highest BCUT2D eigenvalue weighted by Crippen LogP contribution is 2.16. The fourth-order valence-corrected chi connectivity index (χ4v) is 2.00. The number of nitrogen functional groups attached to an aromatic ring is 1. The van der Waals surface area contributed by atoms with E-state index >= 15 is 0 Å². The van der Waals surface area contributed by atoms with Crippen LogP contribution in [-0.2, 0) is 0 Å². The van der Waals surface area contributed by atoms with Gasteiger partial charge in [-0.3, -0.25) is 0 Å². The summed E-state index contributed by atoms with van der Waals surface area (Å²) in [5, 5.41) is 7.66. The second-order valence-electron chi connectivity index (χ2n) is 5.91. The van der Waals surface area contributed by atoms with Gasteiger partial charge in [-0.15, -0.1) is 0 Å². The predicted molar refractivity (Wildman–Crippen MR) is 78.1 cm³/mol. The summed E-state index contributed by atoms with van der Waals surface area (Å²) in [5.41, 5.74) is 8.11. The number of nitrogens with two attached hydrogens (primary N) is 1. The van der Waals surface area contributed by atoms with Gasteiger partial charge in [0.25, 0.3) is 0 Å². The molecule has 20 heavy (non-hydrogen) atoms. The Morgan fingerprint density at radius 2 is 2.05 bits per heavy atom. The van der Waals surface area contributed by atoms with Crippen molar-refractivity contribution in [2.24, 2.45) is 0 Å². The van der Waals surface area contributed by atoms with E-state index in [1.807, 2.05) is 13.0 Å². The van der Waals surface area contributed by atoms with Gasteiger partial charge in [0.05, 0.1) is 39.6 Å². The van der Waals surface area contributed by atoms with E-state index in [0.717, 1.165) is 35.5 Å². The third-order valence-electron chi connectivity index (χ3n) is 2.94. The Balaban J connectivity index is 0.00000200. The monoisotopic (exact) mass is 298 g/mol. The minimum atomic E-state index is 0. The van der Waals surface area contributed by atoms with E-state index in [1.165, 1.54) is 0 Å². The molecule has 112 valence electrons. The van der Waals surface area contributed by atoms with E-state index in [0.29, 0.717) is 11.3 Å². The van der Waals surface area contributed by atoms with Crippen LogP contribution in [0.25, 0.3) is 5.65 Å². The number of nitrogens with zero attached hydrogens (tertiary/aromatic N) is 4. The number of hydrogen-bond donors (Lipinski definition) is 2. The molecule has 0 fully saturated rings. The summed E-state index contributed by atoms with van der Waals surface area (Å²) in [6.07, 6.45) is 2.74. The van der Waals surface area contributed by atoms with Crippen molar-refractivity contribution in [1.29, 1.82) is 0 Å². The molecule has 0 atom stereocenters. The normalized spacial score (nSPS) is 11.4. The van der Waals surface area contributed by atoms with Crippen LogP contribution < -0.4 is 23.5 Å². The van der Waals surface area contributed by atoms with Crippen molar-refractivity contribution in [3.63, 3.8) is 0 Å². The number of aromatic nitrogens is 3. The molecule has 0 amide bonds. The largest absolute Gasteiger partial charge is 1.00 e. The van der Waals surface area contributed by atoms with Crippen LogP contribution in [0.4, 0.5) is 11.5 Å². The Bertz CT molecular complexity index is 572. The molecule has 0 aliphatic carbocycles. The fourth-order valence-electron chi connectivity index (χ4n) is 2.00. The SMILES string of the molecule is Cc1cc(NCCC[N+](C)(C)C)n2ncc(N)c2n1.[Cl-]. The summed E-state index contributed by atoms with van der Waals surface area (Å²) in [5.74, 6) is 0.945. The Morgan fingerprint density at radius 1 is 1.35 bits per heavy atom. The molecule has 2 rings (SSSR count). The van der Waals surface area contributed by atoms with Crippen LogP contribution in [-0.4, -0.2) is 53.3 Å². The number of halogens is 1. The lowest BCUT2D eigenvalue weighted by Gasteiger charge is -2.23. The van der Waals surface area contributed by atoms with Crippen molar-refractivity contribution in [1.82, 2.24) is 14.6 Å². The molecular formula is C13H23ClN6. The summed E-state index contributed by atoms with van der Waals surface area (Å²) in [6.45, 7) is 4.00. The molecule has 2 aromatic heterocycles. The molecule has 0 aromatic carbocycles. The Morgan fingerprint density at radius 3 is 2.70 bits per heavy atom. The van der Waals surface area contributed by atoms with E-state index in [2.05, 4.69) is 36.5 Å². The summed E-state index contributed by atoms with van der Waals surface area (Å²) in [4.78, 5) is 4.40. The lowest BCUT2D eigenvalue weighted by atomic mass is 10.3. The topological polar surface area (TPSA) is 68.2 Å². The van der Waals surface area contributed by atoms with Gasteiger partial charge < -0.3 is 27.9 Å². The van der Waals surface area contributed by atoms with Gasteiger partial charge >= 0.3 is 0 Å². The molecule has 2 aromatic rings. The third kappa shape index (κ3) is 3.98. The van der Waals surface area contributed by atoms with Crippen LogP contribution in [0.2, 0.25) is 0 Å². The Labute approximate surface area is 126 Å². The minimum Gasteiger partial charge on any atom is -1.00 e. The number of aryl methyl sites for hydroxylation is 1. The number of fused-ring (bicyclic) bond motifs is 1. The van der Waals surface area contributed by atoms with Gasteiger partial charge in [0.2, 0.25) is 0 Å². The van der Waals surface area contributed by atoms with Crippen molar-refractivity contribution < 1.29 is 16.9 Å². The first-order valence-electron chi connectivity index (χ1n) is 6.52. The number of rotatable bonds is 5. The number of hydrogen-bond acceptors (Lipinski definition) is 4. The first-order valence-corrected chi connectivity index (χ1v) is 6.52. The zero-order valence-corrected chi connectivity index (χ0v) is 13.3. The van der Waals surface area contributed by atoms with Crippen LogP contribution in [0, 0.1) is 6.92 Å². The molecular weight excluding hydrogens is 276 g/mol. The number of quaternary nitrogens is 1. The average Bonchev–Trinajstić information content (AvgIpc) is 2.65. The Kier molecular flexibility index (Phi) is 5.19. The van der Waals surface area contributed by atoms with E-state index in [1.54, 1.807) is 10.7 Å². The zero-order valence-electron chi connectivity index (χ0n) is 12.5.